The lowest BCUT2D eigenvalue weighted by Gasteiger charge is -2.33. The van der Waals surface area contributed by atoms with Gasteiger partial charge in [-0.25, -0.2) is 4.39 Å². The molecule has 2 aliphatic rings. The van der Waals surface area contributed by atoms with E-state index in [-0.39, 0.29) is 24.1 Å². The van der Waals surface area contributed by atoms with Crippen LogP contribution in [-0.2, 0) is 30.6 Å². The third-order valence-corrected chi connectivity index (χ3v) is 5.65. The summed E-state index contributed by atoms with van der Waals surface area (Å²) in [5.41, 5.74) is 4.07. The topological polar surface area (TPSA) is 41.1 Å². The van der Waals surface area contributed by atoms with Crippen molar-refractivity contribution in [3.05, 3.63) is 64.5 Å². The SMILES string of the molecule is CC1(C(=O)Nc2ccc3c(c2F)CCNC3)CCc2ccccc2C1.Cl. The minimum absolute atomic E-state index is 0. The number of amides is 1. The number of hydrogen-bond acceptors (Lipinski definition) is 2. The third-order valence-electron chi connectivity index (χ3n) is 5.65. The number of benzene rings is 2. The molecule has 0 saturated carbocycles. The number of nitrogens with one attached hydrogen (secondary N) is 2. The summed E-state index contributed by atoms with van der Waals surface area (Å²) >= 11 is 0. The van der Waals surface area contributed by atoms with Gasteiger partial charge in [-0.1, -0.05) is 37.3 Å². The van der Waals surface area contributed by atoms with Gasteiger partial charge < -0.3 is 10.6 Å². The van der Waals surface area contributed by atoms with Crippen molar-refractivity contribution in [1.29, 1.82) is 0 Å². The number of fused-ring (bicyclic) bond motifs is 2. The van der Waals surface area contributed by atoms with E-state index in [2.05, 4.69) is 22.8 Å². The van der Waals surface area contributed by atoms with Crippen molar-refractivity contribution in [2.75, 3.05) is 11.9 Å². The molecule has 0 fully saturated rings. The van der Waals surface area contributed by atoms with Gasteiger partial charge in [0.2, 0.25) is 5.91 Å². The molecule has 0 spiro atoms. The first-order valence-electron chi connectivity index (χ1n) is 8.96. The average Bonchev–Trinajstić information content (AvgIpc) is 2.64. The molecule has 5 heteroatoms. The van der Waals surface area contributed by atoms with Crippen LogP contribution < -0.4 is 10.6 Å². The zero-order valence-electron chi connectivity index (χ0n) is 14.9. The first-order valence-corrected chi connectivity index (χ1v) is 8.96. The highest BCUT2D eigenvalue weighted by Gasteiger charge is 2.37. The lowest BCUT2D eigenvalue weighted by molar-refractivity contribution is -0.125. The summed E-state index contributed by atoms with van der Waals surface area (Å²) in [7, 11) is 0. The molecule has 3 nitrogen and oxygen atoms in total. The lowest BCUT2D eigenvalue weighted by atomic mass is 9.72. The number of hydrogen-bond donors (Lipinski definition) is 2. The molecule has 2 aromatic rings. The van der Waals surface area contributed by atoms with Gasteiger partial charge in [-0.3, -0.25) is 4.79 Å². The van der Waals surface area contributed by atoms with Crippen LogP contribution in [0.15, 0.2) is 36.4 Å². The normalized spacial score (nSPS) is 21.2. The van der Waals surface area contributed by atoms with Crippen molar-refractivity contribution in [2.24, 2.45) is 5.41 Å². The van der Waals surface area contributed by atoms with Gasteiger partial charge in [-0.15, -0.1) is 12.4 Å². The summed E-state index contributed by atoms with van der Waals surface area (Å²) in [5, 5.41) is 6.11. The largest absolute Gasteiger partial charge is 0.323 e. The van der Waals surface area contributed by atoms with Gasteiger partial charge in [0.25, 0.3) is 0 Å². The molecule has 1 heterocycles. The molecular weight excluding hydrogens is 351 g/mol. The van der Waals surface area contributed by atoms with Crippen LogP contribution >= 0.6 is 12.4 Å². The van der Waals surface area contributed by atoms with E-state index < -0.39 is 5.41 Å². The van der Waals surface area contributed by atoms with Crippen molar-refractivity contribution < 1.29 is 9.18 Å². The second-order valence-electron chi connectivity index (χ2n) is 7.45. The van der Waals surface area contributed by atoms with Crippen molar-refractivity contribution >= 4 is 24.0 Å². The molecule has 4 rings (SSSR count). The van der Waals surface area contributed by atoms with Gasteiger partial charge in [-0.2, -0.15) is 0 Å². The molecule has 1 unspecified atom stereocenters. The number of anilines is 1. The Bertz CT molecular complexity index is 839. The fourth-order valence-electron chi connectivity index (χ4n) is 3.99. The minimum Gasteiger partial charge on any atom is -0.323 e. The van der Waals surface area contributed by atoms with Gasteiger partial charge >= 0.3 is 0 Å². The van der Waals surface area contributed by atoms with Crippen LogP contribution in [0.2, 0.25) is 0 Å². The van der Waals surface area contributed by atoms with E-state index in [9.17, 15) is 9.18 Å². The third kappa shape index (κ3) is 3.36. The minimum atomic E-state index is -0.502. The number of carbonyl (C=O) groups is 1. The van der Waals surface area contributed by atoms with Gasteiger partial charge in [0.15, 0.2) is 0 Å². The Morgan fingerprint density at radius 3 is 2.69 bits per heavy atom. The van der Waals surface area contributed by atoms with Gasteiger partial charge in [0, 0.05) is 6.54 Å². The quantitative estimate of drug-likeness (QED) is 0.833. The van der Waals surface area contributed by atoms with Crippen molar-refractivity contribution in [3.8, 4) is 0 Å². The predicted octanol–water partition coefficient (Wildman–Crippen LogP) is 4.03. The molecule has 1 amide bonds. The summed E-state index contributed by atoms with van der Waals surface area (Å²) in [6.07, 6.45) is 3.03. The first-order chi connectivity index (χ1) is 12.1. The molecule has 0 bridgehead atoms. The maximum atomic E-state index is 14.8. The Hall–Kier alpha value is -1.91. The number of rotatable bonds is 2. The second-order valence-corrected chi connectivity index (χ2v) is 7.45. The van der Waals surface area contributed by atoms with Crippen LogP contribution in [0.1, 0.15) is 35.6 Å². The fraction of sp³-hybridized carbons (Fsp3) is 0.381. The van der Waals surface area contributed by atoms with E-state index in [0.29, 0.717) is 25.1 Å². The standard InChI is InChI=1S/C21H23FN2O.ClH/c1-21(10-8-14-4-2-3-5-15(14)12-21)20(25)24-18-7-6-16-13-23-11-9-17(16)19(18)22;/h2-7,23H,8-13H2,1H3,(H,24,25);1H. The molecule has 26 heavy (non-hydrogen) atoms. The molecule has 1 aliphatic heterocycles. The summed E-state index contributed by atoms with van der Waals surface area (Å²) in [6.45, 7) is 3.45. The monoisotopic (exact) mass is 374 g/mol. The lowest BCUT2D eigenvalue weighted by Crippen LogP contribution is -2.38. The molecule has 1 atom stereocenters. The van der Waals surface area contributed by atoms with Crippen LogP contribution in [0.3, 0.4) is 0 Å². The van der Waals surface area contributed by atoms with Crippen molar-refractivity contribution in [1.82, 2.24) is 5.32 Å². The Morgan fingerprint density at radius 1 is 1.12 bits per heavy atom. The summed E-state index contributed by atoms with van der Waals surface area (Å²) in [6, 6.07) is 11.9. The Kier molecular flexibility index (Phi) is 5.35. The van der Waals surface area contributed by atoms with E-state index in [4.69, 9.17) is 0 Å². The molecule has 0 radical (unpaired) electrons. The molecule has 0 aromatic heterocycles. The maximum Gasteiger partial charge on any atom is 0.230 e. The van der Waals surface area contributed by atoms with Crippen LogP contribution in [0.4, 0.5) is 10.1 Å². The molecule has 2 aromatic carbocycles. The zero-order valence-corrected chi connectivity index (χ0v) is 15.7. The fourth-order valence-corrected chi connectivity index (χ4v) is 3.99. The summed E-state index contributed by atoms with van der Waals surface area (Å²) in [4.78, 5) is 12.9. The number of aryl methyl sites for hydroxylation is 1. The van der Waals surface area contributed by atoms with Gasteiger partial charge in [0.05, 0.1) is 11.1 Å². The second kappa shape index (κ2) is 7.37. The highest BCUT2D eigenvalue weighted by atomic mass is 35.5. The van der Waals surface area contributed by atoms with E-state index in [1.54, 1.807) is 6.07 Å². The Labute approximate surface area is 159 Å². The zero-order chi connectivity index (χ0) is 17.4. The van der Waals surface area contributed by atoms with Crippen molar-refractivity contribution in [3.63, 3.8) is 0 Å². The predicted molar refractivity (Wildman–Crippen MR) is 104 cm³/mol. The van der Waals surface area contributed by atoms with Crippen LogP contribution in [0.25, 0.3) is 0 Å². The van der Waals surface area contributed by atoms with E-state index >= 15 is 0 Å². The smallest absolute Gasteiger partial charge is 0.230 e. The molecule has 1 aliphatic carbocycles. The Balaban J connectivity index is 0.00000196. The first kappa shape index (κ1) is 18.9. The maximum absolute atomic E-state index is 14.8. The van der Waals surface area contributed by atoms with Crippen LogP contribution in [0.5, 0.6) is 0 Å². The van der Waals surface area contributed by atoms with Gasteiger partial charge in [0.1, 0.15) is 5.82 Å². The number of carbonyl (C=O) groups excluding carboxylic acids is 1. The van der Waals surface area contributed by atoms with Crippen molar-refractivity contribution in [2.45, 2.75) is 39.2 Å². The molecule has 138 valence electrons. The summed E-state index contributed by atoms with van der Waals surface area (Å²) in [5.74, 6) is -0.359. The van der Waals surface area contributed by atoms with Crippen LogP contribution in [-0.4, -0.2) is 12.5 Å². The summed E-state index contributed by atoms with van der Waals surface area (Å²) < 4.78 is 14.8. The highest BCUT2D eigenvalue weighted by Crippen LogP contribution is 2.36. The van der Waals surface area contributed by atoms with E-state index in [1.165, 1.54) is 11.1 Å². The average molecular weight is 375 g/mol. The molecule has 0 saturated heterocycles. The van der Waals surface area contributed by atoms with E-state index in [1.807, 2.05) is 25.1 Å². The van der Waals surface area contributed by atoms with E-state index in [0.717, 1.165) is 30.5 Å². The van der Waals surface area contributed by atoms with Crippen LogP contribution in [0, 0.1) is 11.2 Å². The highest BCUT2D eigenvalue weighted by molar-refractivity contribution is 5.95. The Morgan fingerprint density at radius 2 is 1.88 bits per heavy atom. The molecule has 2 N–H and O–H groups in total. The molecular formula is C21H24ClFN2O. The van der Waals surface area contributed by atoms with Gasteiger partial charge in [-0.05, 0) is 60.5 Å². The number of halogens is 2.